The highest BCUT2D eigenvalue weighted by Gasteiger charge is 2.44. The lowest BCUT2D eigenvalue weighted by molar-refractivity contribution is -0.356. The van der Waals surface area contributed by atoms with E-state index in [1.807, 2.05) is 0 Å². The third kappa shape index (κ3) is 1.84. The third-order valence-electron chi connectivity index (χ3n) is 2.01. The molecule has 0 aromatic heterocycles. The van der Waals surface area contributed by atoms with Gasteiger partial charge in [0.15, 0.2) is 6.29 Å². The molecule has 0 N–H and O–H groups in total. The number of nitrogens with zero attached hydrogens (tertiary/aromatic N) is 1. The average Bonchev–Trinajstić information content (AvgIpc) is 2.34. The fraction of sp³-hybridized carbons (Fsp3) is 0.625. The summed E-state index contributed by atoms with van der Waals surface area (Å²) in [5, 5.41) is -0.0706. The van der Waals surface area contributed by atoms with Gasteiger partial charge in [0.25, 0.3) is 10.0 Å². The summed E-state index contributed by atoms with van der Waals surface area (Å²) in [6.45, 7) is 3.63. The van der Waals surface area contributed by atoms with E-state index in [4.69, 9.17) is 25.8 Å². The summed E-state index contributed by atoms with van der Waals surface area (Å²) < 4.78 is 41.8. The Morgan fingerprint density at radius 1 is 1.50 bits per heavy atom. The molecule has 0 radical (unpaired) electrons. The number of hydrogen-bond acceptors (Lipinski definition) is 5. The van der Waals surface area contributed by atoms with Gasteiger partial charge in [0.2, 0.25) is 12.2 Å². The lowest BCUT2D eigenvalue weighted by atomic mass is 10.4. The normalized spacial score (nSPS) is 32.3. The largest absolute Gasteiger partial charge is 0.476 e. The van der Waals surface area contributed by atoms with Crippen molar-refractivity contribution in [3.8, 4) is 0 Å². The van der Waals surface area contributed by atoms with Crippen LogP contribution < -0.4 is 0 Å². The van der Waals surface area contributed by atoms with Gasteiger partial charge in [0, 0.05) is 0 Å². The van der Waals surface area contributed by atoms with Crippen LogP contribution >= 0.6 is 11.6 Å². The van der Waals surface area contributed by atoms with Crippen LogP contribution in [0.1, 0.15) is 13.8 Å². The summed E-state index contributed by atoms with van der Waals surface area (Å²) in [6.07, 6.45) is -1.41. The van der Waals surface area contributed by atoms with Crippen LogP contribution in [0.3, 0.4) is 0 Å². The van der Waals surface area contributed by atoms with Crippen LogP contribution in [-0.2, 0) is 24.2 Å². The first-order valence-electron chi connectivity index (χ1n) is 4.64. The number of hydrogen-bond donors (Lipinski definition) is 0. The van der Waals surface area contributed by atoms with E-state index in [0.29, 0.717) is 0 Å². The van der Waals surface area contributed by atoms with Crippen LogP contribution in [0.2, 0.25) is 0 Å². The molecule has 2 heterocycles. The van der Waals surface area contributed by atoms with Crippen molar-refractivity contribution in [3.63, 3.8) is 0 Å². The fourth-order valence-corrected chi connectivity index (χ4v) is 3.01. The van der Waals surface area contributed by atoms with Gasteiger partial charge in [-0.1, -0.05) is 11.6 Å². The predicted molar refractivity (Wildman–Crippen MR) is 56.3 cm³/mol. The molecule has 2 rings (SSSR count). The molecule has 16 heavy (non-hydrogen) atoms. The SMILES string of the molecule is CCOC1=NS(=O)(=O)C(C2OC(C)O2)=C1Cl. The van der Waals surface area contributed by atoms with E-state index < -0.39 is 22.6 Å². The van der Waals surface area contributed by atoms with Gasteiger partial charge in [-0.25, -0.2) is 0 Å². The number of rotatable bonds is 2. The van der Waals surface area contributed by atoms with Crippen LogP contribution in [0.25, 0.3) is 0 Å². The lowest BCUT2D eigenvalue weighted by Crippen LogP contribution is -2.41. The van der Waals surface area contributed by atoms with Crippen molar-refractivity contribution < 1.29 is 22.6 Å². The zero-order chi connectivity index (χ0) is 11.9. The van der Waals surface area contributed by atoms with Gasteiger partial charge < -0.3 is 14.2 Å². The lowest BCUT2D eigenvalue weighted by Gasteiger charge is -2.33. The quantitative estimate of drug-likeness (QED) is 0.744. The molecule has 2 aliphatic rings. The van der Waals surface area contributed by atoms with E-state index in [1.54, 1.807) is 13.8 Å². The summed E-state index contributed by atoms with van der Waals surface area (Å²) in [5.41, 5.74) is 0. The maximum absolute atomic E-state index is 11.6. The molecule has 1 saturated heterocycles. The van der Waals surface area contributed by atoms with Crippen molar-refractivity contribution in [2.24, 2.45) is 4.40 Å². The predicted octanol–water partition coefficient (Wildman–Crippen LogP) is 0.934. The first-order valence-corrected chi connectivity index (χ1v) is 6.46. The van der Waals surface area contributed by atoms with Crippen LogP contribution in [-0.4, -0.2) is 33.5 Å². The van der Waals surface area contributed by atoms with Crippen molar-refractivity contribution in [2.75, 3.05) is 6.61 Å². The van der Waals surface area contributed by atoms with E-state index in [0.717, 1.165) is 0 Å². The maximum Gasteiger partial charge on any atom is 0.288 e. The van der Waals surface area contributed by atoms with Gasteiger partial charge in [-0.2, -0.15) is 8.42 Å². The molecule has 0 spiro atoms. The highest BCUT2D eigenvalue weighted by molar-refractivity contribution is 7.94. The van der Waals surface area contributed by atoms with Gasteiger partial charge in [0.1, 0.15) is 9.94 Å². The molecule has 0 aromatic rings. The molecule has 1 fully saturated rings. The number of sulfonamides is 1. The van der Waals surface area contributed by atoms with Crippen molar-refractivity contribution in [1.82, 2.24) is 0 Å². The number of ether oxygens (including phenoxy) is 3. The van der Waals surface area contributed by atoms with Gasteiger partial charge >= 0.3 is 0 Å². The highest BCUT2D eigenvalue weighted by atomic mass is 35.5. The Kier molecular flexibility index (Phi) is 2.95. The summed E-state index contributed by atoms with van der Waals surface area (Å²) in [7, 11) is -3.83. The zero-order valence-corrected chi connectivity index (χ0v) is 10.2. The molecule has 6 nitrogen and oxygen atoms in total. The van der Waals surface area contributed by atoms with Gasteiger partial charge in [0.05, 0.1) is 6.61 Å². The monoisotopic (exact) mass is 267 g/mol. The molecule has 2 aliphatic heterocycles. The summed E-state index contributed by atoms with van der Waals surface area (Å²) in [4.78, 5) is -0.185. The Bertz CT molecular complexity index is 463. The molecule has 0 aromatic carbocycles. The Balaban J connectivity index is 2.30. The van der Waals surface area contributed by atoms with Gasteiger partial charge in [-0.3, -0.25) is 0 Å². The van der Waals surface area contributed by atoms with Crippen LogP contribution in [0.4, 0.5) is 0 Å². The summed E-state index contributed by atoms with van der Waals surface area (Å²) in [5.74, 6) is -0.106. The zero-order valence-electron chi connectivity index (χ0n) is 8.64. The Morgan fingerprint density at radius 2 is 2.12 bits per heavy atom. The Hall–Kier alpha value is -0.630. The third-order valence-corrected chi connectivity index (χ3v) is 3.85. The Morgan fingerprint density at radius 3 is 2.62 bits per heavy atom. The molecule has 8 heteroatoms. The Labute approximate surface area is 97.9 Å². The molecule has 0 bridgehead atoms. The molecular weight excluding hydrogens is 258 g/mol. The van der Waals surface area contributed by atoms with Gasteiger partial charge in [-0.05, 0) is 13.8 Å². The second-order valence-corrected chi connectivity index (χ2v) is 5.10. The van der Waals surface area contributed by atoms with E-state index >= 15 is 0 Å². The van der Waals surface area contributed by atoms with Crippen molar-refractivity contribution in [1.29, 1.82) is 0 Å². The van der Waals surface area contributed by atoms with E-state index in [2.05, 4.69) is 4.40 Å². The van der Waals surface area contributed by atoms with Crippen LogP contribution in [0, 0.1) is 0 Å². The topological polar surface area (TPSA) is 74.2 Å². The molecular formula is C8H10ClNO5S. The molecule has 90 valence electrons. The molecule has 0 saturated carbocycles. The van der Waals surface area contributed by atoms with Crippen molar-refractivity contribution in [3.05, 3.63) is 9.94 Å². The average molecular weight is 268 g/mol. The van der Waals surface area contributed by atoms with Crippen molar-refractivity contribution in [2.45, 2.75) is 26.4 Å². The standard InChI is InChI=1S/C8H10ClNO5S/c1-3-13-7-5(9)6(16(11,12)10-7)8-14-4(2)15-8/h4,8H,3H2,1-2H3. The molecule has 0 unspecified atom stereocenters. The summed E-state index contributed by atoms with van der Waals surface area (Å²) >= 11 is 5.85. The molecule has 0 amide bonds. The first kappa shape index (κ1) is 11.8. The van der Waals surface area contributed by atoms with E-state index in [9.17, 15) is 8.42 Å². The summed E-state index contributed by atoms with van der Waals surface area (Å²) in [6, 6.07) is 0. The fourth-order valence-electron chi connectivity index (χ4n) is 1.35. The van der Waals surface area contributed by atoms with Crippen LogP contribution in [0.15, 0.2) is 14.3 Å². The second-order valence-electron chi connectivity index (χ2n) is 3.15. The number of halogens is 1. The molecule has 0 aliphatic carbocycles. The van der Waals surface area contributed by atoms with E-state index in [1.165, 1.54) is 0 Å². The highest BCUT2D eigenvalue weighted by Crippen LogP contribution is 2.36. The van der Waals surface area contributed by atoms with Crippen LogP contribution in [0.5, 0.6) is 0 Å². The first-order chi connectivity index (χ1) is 7.45. The molecule has 0 atom stereocenters. The minimum Gasteiger partial charge on any atom is -0.476 e. The smallest absolute Gasteiger partial charge is 0.288 e. The van der Waals surface area contributed by atoms with Gasteiger partial charge in [-0.15, -0.1) is 4.40 Å². The minimum absolute atomic E-state index is 0.0706. The van der Waals surface area contributed by atoms with Crippen molar-refractivity contribution >= 4 is 27.5 Å². The second kappa shape index (κ2) is 3.99. The maximum atomic E-state index is 11.6. The minimum atomic E-state index is -3.83. The van der Waals surface area contributed by atoms with E-state index in [-0.39, 0.29) is 22.4 Å².